The average molecular weight is 291 g/mol. The van der Waals surface area contributed by atoms with Crippen molar-refractivity contribution in [1.82, 2.24) is 14.4 Å². The number of nitrogens with zero attached hydrogens (tertiary/aromatic N) is 1. The lowest BCUT2D eigenvalue weighted by atomic mass is 10.4. The van der Waals surface area contributed by atoms with Gasteiger partial charge in [-0.1, -0.05) is 0 Å². The molecule has 0 aromatic carbocycles. The first-order valence-corrected chi connectivity index (χ1v) is 7.64. The highest BCUT2D eigenvalue weighted by Crippen LogP contribution is 2.20. The van der Waals surface area contributed by atoms with Gasteiger partial charge in [0, 0.05) is 6.04 Å². The van der Waals surface area contributed by atoms with Gasteiger partial charge in [0.05, 0.1) is 12.2 Å². The van der Waals surface area contributed by atoms with Crippen molar-refractivity contribution < 1.29 is 18.3 Å². The van der Waals surface area contributed by atoms with Crippen LogP contribution in [0.3, 0.4) is 0 Å². The smallest absolute Gasteiger partial charge is 0.347 e. The number of aromatic nitrogens is 1. The Bertz CT molecular complexity index is 562. The largest absolute Gasteiger partial charge is 0.477 e. The van der Waals surface area contributed by atoms with E-state index in [1.165, 1.54) is 0 Å². The van der Waals surface area contributed by atoms with Crippen LogP contribution in [0.25, 0.3) is 0 Å². The van der Waals surface area contributed by atoms with Gasteiger partial charge in [0.25, 0.3) is 10.2 Å². The molecule has 7 nitrogen and oxygen atoms in total. The summed E-state index contributed by atoms with van der Waals surface area (Å²) >= 11 is 0.977. The fraction of sp³-hybridized carbons (Fsp3) is 0.556. The maximum atomic E-state index is 11.5. The summed E-state index contributed by atoms with van der Waals surface area (Å²) in [6.07, 6.45) is 1.72. The topological polar surface area (TPSA) is 108 Å². The summed E-state index contributed by atoms with van der Waals surface area (Å²) in [6.45, 7) is 1.58. The van der Waals surface area contributed by atoms with E-state index >= 15 is 0 Å². The Morgan fingerprint density at radius 3 is 2.72 bits per heavy atom. The zero-order valence-corrected chi connectivity index (χ0v) is 11.3. The Morgan fingerprint density at radius 2 is 2.22 bits per heavy atom. The van der Waals surface area contributed by atoms with Crippen LogP contribution in [0.15, 0.2) is 0 Å². The third-order valence-corrected chi connectivity index (χ3v) is 4.66. The first-order valence-electron chi connectivity index (χ1n) is 5.34. The quantitative estimate of drug-likeness (QED) is 0.695. The maximum Gasteiger partial charge on any atom is 0.347 e. The van der Waals surface area contributed by atoms with Gasteiger partial charge in [0.15, 0.2) is 0 Å². The van der Waals surface area contributed by atoms with Gasteiger partial charge in [-0.2, -0.15) is 17.9 Å². The van der Waals surface area contributed by atoms with Crippen molar-refractivity contribution in [2.24, 2.45) is 0 Å². The fourth-order valence-electron chi connectivity index (χ4n) is 1.35. The molecule has 0 bridgehead atoms. The van der Waals surface area contributed by atoms with E-state index < -0.39 is 16.2 Å². The lowest BCUT2D eigenvalue weighted by Crippen LogP contribution is -2.37. The summed E-state index contributed by atoms with van der Waals surface area (Å²) in [7, 11) is -3.52. The van der Waals surface area contributed by atoms with Crippen LogP contribution in [-0.4, -0.2) is 30.5 Å². The number of hydrogen-bond donors (Lipinski definition) is 3. The molecule has 0 aliphatic heterocycles. The van der Waals surface area contributed by atoms with Crippen LogP contribution in [0.5, 0.6) is 0 Å². The molecule has 0 amide bonds. The second-order valence-electron chi connectivity index (χ2n) is 4.04. The molecule has 0 radical (unpaired) electrons. The zero-order chi connectivity index (χ0) is 13.3. The molecular formula is C9H13N3O4S2. The van der Waals surface area contributed by atoms with E-state index in [0.29, 0.717) is 10.7 Å². The van der Waals surface area contributed by atoms with E-state index in [9.17, 15) is 13.2 Å². The highest BCUT2D eigenvalue weighted by molar-refractivity contribution is 7.87. The standard InChI is InChI=1S/C9H13N3O4S2/c1-5-8(9(13)14)17-7(11-5)4-10-18(15,16)12-6-2-3-6/h6,10,12H,2-4H2,1H3,(H,13,14). The molecule has 3 N–H and O–H groups in total. The van der Waals surface area contributed by atoms with Gasteiger partial charge < -0.3 is 5.11 Å². The van der Waals surface area contributed by atoms with E-state index in [-0.39, 0.29) is 17.5 Å². The molecule has 1 fully saturated rings. The number of carbonyl (C=O) groups is 1. The number of carboxylic acid groups (broad SMARTS) is 1. The van der Waals surface area contributed by atoms with E-state index in [1.54, 1.807) is 6.92 Å². The highest BCUT2D eigenvalue weighted by atomic mass is 32.2. The molecule has 1 aliphatic carbocycles. The molecule has 100 valence electrons. The number of hydrogen-bond acceptors (Lipinski definition) is 5. The van der Waals surface area contributed by atoms with Crippen LogP contribution in [0, 0.1) is 6.92 Å². The van der Waals surface area contributed by atoms with E-state index in [2.05, 4.69) is 14.4 Å². The van der Waals surface area contributed by atoms with E-state index in [4.69, 9.17) is 5.11 Å². The van der Waals surface area contributed by atoms with Gasteiger partial charge >= 0.3 is 5.97 Å². The fourth-order valence-corrected chi connectivity index (χ4v) is 3.36. The molecule has 1 aromatic rings. The third-order valence-electron chi connectivity index (χ3n) is 2.35. The summed E-state index contributed by atoms with van der Waals surface area (Å²) < 4.78 is 27.8. The Kier molecular flexibility index (Phi) is 3.66. The highest BCUT2D eigenvalue weighted by Gasteiger charge is 2.26. The van der Waals surface area contributed by atoms with Gasteiger partial charge in [-0.25, -0.2) is 9.78 Å². The molecule has 0 saturated heterocycles. The molecule has 0 unspecified atom stereocenters. The molecule has 1 saturated carbocycles. The lowest BCUT2D eigenvalue weighted by molar-refractivity contribution is 0.0701. The number of rotatable bonds is 6. The monoisotopic (exact) mass is 291 g/mol. The summed E-state index contributed by atoms with van der Waals surface area (Å²) in [5.74, 6) is -1.05. The SMILES string of the molecule is Cc1nc(CNS(=O)(=O)NC2CC2)sc1C(=O)O. The second-order valence-corrected chi connectivity index (χ2v) is 6.66. The number of nitrogens with one attached hydrogen (secondary N) is 2. The molecule has 0 atom stereocenters. The minimum Gasteiger partial charge on any atom is -0.477 e. The van der Waals surface area contributed by atoms with Crippen LogP contribution >= 0.6 is 11.3 Å². The lowest BCUT2D eigenvalue weighted by Gasteiger charge is -2.04. The second kappa shape index (κ2) is 4.92. The Hall–Kier alpha value is -1.03. The first kappa shape index (κ1) is 13.4. The zero-order valence-electron chi connectivity index (χ0n) is 9.63. The van der Waals surface area contributed by atoms with Crippen LogP contribution in [0.2, 0.25) is 0 Å². The van der Waals surface area contributed by atoms with Crippen molar-refractivity contribution in [3.63, 3.8) is 0 Å². The summed E-state index contributed by atoms with van der Waals surface area (Å²) in [5, 5.41) is 9.29. The van der Waals surface area contributed by atoms with Gasteiger partial charge in [-0.15, -0.1) is 11.3 Å². The van der Waals surface area contributed by atoms with Crippen LogP contribution in [0.1, 0.15) is 33.2 Å². The van der Waals surface area contributed by atoms with Gasteiger partial charge in [0.1, 0.15) is 9.88 Å². The molecule has 18 heavy (non-hydrogen) atoms. The van der Waals surface area contributed by atoms with Crippen molar-refractivity contribution in [3.05, 3.63) is 15.6 Å². The molecule has 1 heterocycles. The van der Waals surface area contributed by atoms with Gasteiger partial charge in [0.2, 0.25) is 0 Å². The molecule has 9 heteroatoms. The molecule has 2 rings (SSSR count). The number of thiazole rings is 1. The maximum absolute atomic E-state index is 11.5. The molecule has 0 spiro atoms. The number of carboxylic acids is 1. The van der Waals surface area contributed by atoms with Gasteiger partial charge in [-0.3, -0.25) is 0 Å². The first-order chi connectivity index (χ1) is 8.37. The summed E-state index contributed by atoms with van der Waals surface area (Å²) in [6, 6.07) is 0.0371. The molecule has 1 aromatic heterocycles. The summed E-state index contributed by atoms with van der Waals surface area (Å²) in [4.78, 5) is 15.0. The minimum absolute atomic E-state index is 0.000833. The Labute approximate surface area is 108 Å². The normalized spacial score (nSPS) is 15.8. The molecular weight excluding hydrogens is 278 g/mol. The van der Waals surface area contributed by atoms with Crippen molar-refractivity contribution in [2.75, 3.05) is 0 Å². The van der Waals surface area contributed by atoms with Crippen molar-refractivity contribution in [3.8, 4) is 0 Å². The van der Waals surface area contributed by atoms with Crippen LogP contribution < -0.4 is 9.44 Å². The molecule has 1 aliphatic rings. The predicted molar refractivity (Wildman–Crippen MR) is 65.7 cm³/mol. The van der Waals surface area contributed by atoms with Crippen molar-refractivity contribution in [2.45, 2.75) is 32.4 Å². The Balaban J connectivity index is 1.97. The Morgan fingerprint density at radius 1 is 1.56 bits per heavy atom. The number of aryl methyl sites for hydroxylation is 1. The average Bonchev–Trinajstić information content (AvgIpc) is 2.96. The van der Waals surface area contributed by atoms with Gasteiger partial charge in [-0.05, 0) is 19.8 Å². The van der Waals surface area contributed by atoms with E-state index in [0.717, 1.165) is 24.2 Å². The van der Waals surface area contributed by atoms with Crippen LogP contribution in [0.4, 0.5) is 0 Å². The van der Waals surface area contributed by atoms with Crippen LogP contribution in [-0.2, 0) is 16.8 Å². The number of aromatic carboxylic acids is 1. The summed E-state index contributed by atoms with van der Waals surface area (Å²) in [5.41, 5.74) is 0.400. The third kappa shape index (κ3) is 3.48. The minimum atomic E-state index is -3.52. The van der Waals surface area contributed by atoms with Crippen molar-refractivity contribution >= 4 is 27.5 Å². The predicted octanol–water partition coefficient (Wildman–Crippen LogP) is 0.236. The van der Waals surface area contributed by atoms with Crippen molar-refractivity contribution in [1.29, 1.82) is 0 Å². The van der Waals surface area contributed by atoms with E-state index in [1.807, 2.05) is 0 Å².